The topological polar surface area (TPSA) is 192 Å². The number of nitrogens with zero attached hydrogens (tertiary/aromatic N) is 4. The number of nitro benzene ring substituents is 1. The van der Waals surface area contributed by atoms with E-state index in [-0.39, 0.29) is 35.4 Å². The highest BCUT2D eigenvalue weighted by molar-refractivity contribution is 5.95. The van der Waals surface area contributed by atoms with E-state index in [0.717, 1.165) is 18.5 Å². The van der Waals surface area contributed by atoms with Gasteiger partial charge in [-0.15, -0.1) is 0 Å². The van der Waals surface area contributed by atoms with Crippen LogP contribution in [0.1, 0.15) is 34.6 Å². The van der Waals surface area contributed by atoms with Gasteiger partial charge in [0.25, 0.3) is 11.6 Å². The van der Waals surface area contributed by atoms with Gasteiger partial charge in [0.05, 0.1) is 22.0 Å². The number of nitro groups is 2. The fourth-order valence-electron chi connectivity index (χ4n) is 2.81. The number of carbonyl (C=O) groups excluding carboxylic acids is 2. The minimum absolute atomic E-state index is 0.0789. The van der Waals surface area contributed by atoms with E-state index >= 15 is 0 Å². The molecule has 36 heavy (non-hydrogen) atoms. The van der Waals surface area contributed by atoms with E-state index in [0.29, 0.717) is 11.3 Å². The van der Waals surface area contributed by atoms with E-state index in [1.807, 2.05) is 13.8 Å². The van der Waals surface area contributed by atoms with Crippen molar-refractivity contribution in [2.24, 2.45) is 5.92 Å². The Balaban J connectivity index is 1.72. The Labute approximate surface area is 204 Å². The van der Waals surface area contributed by atoms with Gasteiger partial charge in [-0.1, -0.05) is 13.8 Å². The second-order valence-electron chi connectivity index (χ2n) is 7.75. The number of hydrogen-bond donors (Lipinski definition) is 3. The minimum atomic E-state index is -0.736. The smallest absolute Gasteiger partial charge is 0.355 e. The highest BCUT2D eigenvalue weighted by Crippen LogP contribution is 2.30. The zero-order valence-electron chi connectivity index (χ0n) is 19.1. The van der Waals surface area contributed by atoms with Crippen molar-refractivity contribution in [2.75, 3.05) is 17.3 Å². The number of aromatic nitrogens is 2. The van der Waals surface area contributed by atoms with E-state index in [1.165, 1.54) is 36.4 Å². The van der Waals surface area contributed by atoms with Crippen molar-refractivity contribution in [3.63, 3.8) is 0 Å². The van der Waals surface area contributed by atoms with Crippen molar-refractivity contribution >= 4 is 40.6 Å². The van der Waals surface area contributed by atoms with Gasteiger partial charge < -0.3 is 10.1 Å². The van der Waals surface area contributed by atoms with Crippen LogP contribution in [-0.2, 0) is 4.74 Å². The molecule has 0 aliphatic rings. The van der Waals surface area contributed by atoms with Gasteiger partial charge in [0.15, 0.2) is 0 Å². The number of carbonyl (C=O) groups is 2. The molecule has 1 amide bonds. The van der Waals surface area contributed by atoms with Crippen LogP contribution in [0, 0.1) is 26.1 Å². The molecule has 3 aromatic rings. The van der Waals surface area contributed by atoms with Crippen LogP contribution in [0.3, 0.4) is 0 Å². The molecule has 3 N–H and O–H groups in total. The van der Waals surface area contributed by atoms with Gasteiger partial charge in [0.2, 0.25) is 11.6 Å². The average molecular weight is 495 g/mol. The number of ether oxygens (including phenoxy) is 1. The molecule has 0 fully saturated rings. The minimum Gasteiger partial charge on any atom is -0.462 e. The lowest BCUT2D eigenvalue weighted by Crippen LogP contribution is -2.30. The maximum atomic E-state index is 12.3. The summed E-state index contributed by atoms with van der Waals surface area (Å²) < 4.78 is 5.17. The van der Waals surface area contributed by atoms with Gasteiger partial charge in [0, 0.05) is 23.4 Å². The van der Waals surface area contributed by atoms with Crippen molar-refractivity contribution in [3.05, 3.63) is 86.2 Å². The first-order valence-electron chi connectivity index (χ1n) is 10.5. The normalized spacial score (nSPS) is 10.4. The number of non-ortho nitro benzene ring substituents is 1. The SMILES string of the molecule is CC(C)COC(=O)c1ccc(Nc2ncnc(NNC(=O)c3ccc([N+](=O)[O-])cc3)c2[N+](=O)[O-])cc1. The summed E-state index contributed by atoms with van der Waals surface area (Å²) in [5.74, 6) is -1.47. The van der Waals surface area contributed by atoms with E-state index in [1.54, 1.807) is 0 Å². The Morgan fingerprint density at radius 3 is 2.11 bits per heavy atom. The van der Waals surface area contributed by atoms with Gasteiger partial charge in [0.1, 0.15) is 6.33 Å². The number of amides is 1. The third-order valence-corrected chi connectivity index (χ3v) is 4.57. The van der Waals surface area contributed by atoms with Crippen molar-refractivity contribution in [3.8, 4) is 0 Å². The molecule has 0 atom stereocenters. The van der Waals surface area contributed by atoms with Crippen LogP contribution in [0.15, 0.2) is 54.9 Å². The maximum absolute atomic E-state index is 12.3. The Hall–Kier alpha value is -5.14. The third kappa shape index (κ3) is 6.47. The summed E-state index contributed by atoms with van der Waals surface area (Å²) in [5.41, 5.74) is 4.68. The van der Waals surface area contributed by atoms with Crippen molar-refractivity contribution in [1.82, 2.24) is 15.4 Å². The Morgan fingerprint density at radius 2 is 1.53 bits per heavy atom. The summed E-state index contributed by atoms with van der Waals surface area (Å²) in [5, 5.41) is 25.3. The largest absolute Gasteiger partial charge is 0.462 e. The van der Waals surface area contributed by atoms with Crippen LogP contribution in [-0.4, -0.2) is 38.3 Å². The van der Waals surface area contributed by atoms with Gasteiger partial charge in [-0.25, -0.2) is 14.8 Å². The molecule has 0 aliphatic heterocycles. The summed E-state index contributed by atoms with van der Waals surface area (Å²) in [6.45, 7) is 4.11. The molecule has 0 unspecified atom stereocenters. The lowest BCUT2D eigenvalue weighted by Gasteiger charge is -2.11. The van der Waals surface area contributed by atoms with Gasteiger partial charge in [-0.05, 0) is 42.3 Å². The zero-order chi connectivity index (χ0) is 26.2. The summed E-state index contributed by atoms with van der Waals surface area (Å²) in [6, 6.07) is 10.8. The first-order chi connectivity index (χ1) is 17.2. The van der Waals surface area contributed by atoms with Crippen LogP contribution < -0.4 is 16.2 Å². The second kappa shape index (κ2) is 11.3. The Morgan fingerprint density at radius 1 is 0.917 bits per heavy atom. The molecule has 14 heteroatoms. The van der Waals surface area contributed by atoms with Gasteiger partial charge in [-0.3, -0.25) is 35.9 Å². The van der Waals surface area contributed by atoms with Crippen LogP contribution in [0.25, 0.3) is 0 Å². The molecule has 0 saturated heterocycles. The average Bonchev–Trinajstić information content (AvgIpc) is 2.86. The van der Waals surface area contributed by atoms with Crippen LogP contribution in [0.2, 0.25) is 0 Å². The lowest BCUT2D eigenvalue weighted by atomic mass is 10.2. The molecule has 0 radical (unpaired) electrons. The summed E-state index contributed by atoms with van der Waals surface area (Å²) in [7, 11) is 0. The first-order valence-corrected chi connectivity index (χ1v) is 10.5. The summed E-state index contributed by atoms with van der Waals surface area (Å²) in [6.07, 6.45) is 1.05. The number of nitrogens with one attached hydrogen (secondary N) is 3. The second-order valence-corrected chi connectivity index (χ2v) is 7.75. The molecule has 0 bridgehead atoms. The monoisotopic (exact) mass is 495 g/mol. The maximum Gasteiger partial charge on any atom is 0.355 e. The van der Waals surface area contributed by atoms with Crippen LogP contribution >= 0.6 is 0 Å². The molecule has 0 spiro atoms. The fraction of sp³-hybridized carbons (Fsp3) is 0.182. The van der Waals surface area contributed by atoms with E-state index in [2.05, 4.69) is 26.1 Å². The quantitative estimate of drug-likeness (QED) is 0.211. The van der Waals surface area contributed by atoms with Crippen molar-refractivity contribution < 1.29 is 24.2 Å². The first kappa shape index (κ1) is 25.5. The number of anilines is 3. The number of hydrazine groups is 1. The molecule has 0 saturated carbocycles. The highest BCUT2D eigenvalue weighted by atomic mass is 16.6. The predicted molar refractivity (Wildman–Crippen MR) is 128 cm³/mol. The van der Waals surface area contributed by atoms with E-state index in [4.69, 9.17) is 4.74 Å². The number of hydrogen-bond acceptors (Lipinski definition) is 11. The van der Waals surface area contributed by atoms with Gasteiger partial charge >= 0.3 is 11.7 Å². The molecule has 2 aromatic carbocycles. The summed E-state index contributed by atoms with van der Waals surface area (Å²) >= 11 is 0. The van der Waals surface area contributed by atoms with Crippen molar-refractivity contribution in [2.45, 2.75) is 13.8 Å². The number of benzene rings is 2. The lowest BCUT2D eigenvalue weighted by molar-refractivity contribution is -0.384. The predicted octanol–water partition coefficient (Wildman–Crippen LogP) is 3.61. The Kier molecular flexibility index (Phi) is 8.02. The molecule has 14 nitrogen and oxygen atoms in total. The Bertz CT molecular complexity index is 1280. The molecule has 1 heterocycles. The molecule has 3 rings (SSSR count). The van der Waals surface area contributed by atoms with E-state index in [9.17, 15) is 29.8 Å². The molecule has 0 aliphatic carbocycles. The molecular formula is C22H21N7O7. The van der Waals surface area contributed by atoms with Gasteiger partial charge in [-0.2, -0.15) is 0 Å². The van der Waals surface area contributed by atoms with Crippen LogP contribution in [0.5, 0.6) is 0 Å². The molecule has 1 aromatic heterocycles. The van der Waals surface area contributed by atoms with E-state index < -0.39 is 27.4 Å². The molecular weight excluding hydrogens is 474 g/mol. The van der Waals surface area contributed by atoms with Crippen molar-refractivity contribution in [1.29, 1.82) is 0 Å². The highest BCUT2D eigenvalue weighted by Gasteiger charge is 2.24. The fourth-order valence-corrected chi connectivity index (χ4v) is 2.81. The zero-order valence-corrected chi connectivity index (χ0v) is 19.1. The standard InChI is InChI=1S/C22H21N7O7/c1-13(2)11-36-22(31)15-3-7-16(8-4-15)25-19-18(29(34)35)20(24-12-23-19)26-27-21(30)14-5-9-17(10-6-14)28(32)33/h3-10,12-13H,11H2,1-2H3,(H,27,30)(H2,23,24,25,26). The number of rotatable bonds is 10. The number of esters is 1. The third-order valence-electron chi connectivity index (χ3n) is 4.57. The summed E-state index contributed by atoms with van der Waals surface area (Å²) in [4.78, 5) is 53.2. The van der Waals surface area contributed by atoms with Crippen LogP contribution in [0.4, 0.5) is 28.7 Å². The molecule has 186 valence electrons.